The van der Waals surface area contributed by atoms with Gasteiger partial charge in [0.25, 0.3) is 0 Å². The Balaban J connectivity index is 0.00000361. The van der Waals surface area contributed by atoms with Gasteiger partial charge in [-0.3, -0.25) is 0 Å². The summed E-state index contributed by atoms with van der Waals surface area (Å²) in [6.45, 7) is 10.6. The lowest BCUT2D eigenvalue weighted by Gasteiger charge is -2.42. The van der Waals surface area contributed by atoms with Crippen LogP contribution in [0.1, 0.15) is 90.9 Å². The van der Waals surface area contributed by atoms with Gasteiger partial charge in [0.05, 0.1) is 26.2 Å². The lowest BCUT2D eigenvalue weighted by atomic mass is 10.0. The predicted molar refractivity (Wildman–Crippen MR) is 86.5 cm³/mol. The number of hydrogen-bond acceptors (Lipinski definition) is 0. The SMILES string of the molecule is CCCCCCCCC[N+]1(CCCC)CCCCC1.[Cl-]. The van der Waals surface area contributed by atoms with Gasteiger partial charge in [0.2, 0.25) is 0 Å². The topological polar surface area (TPSA) is 0 Å². The molecule has 0 aromatic heterocycles. The first-order valence-electron chi connectivity index (χ1n) is 9.18. The molecule has 1 nitrogen and oxygen atoms in total. The molecule has 0 unspecified atom stereocenters. The summed E-state index contributed by atoms with van der Waals surface area (Å²) in [5.41, 5.74) is 0. The van der Waals surface area contributed by atoms with Crippen LogP contribution in [0.3, 0.4) is 0 Å². The maximum atomic E-state index is 2.34. The van der Waals surface area contributed by atoms with Crippen molar-refractivity contribution in [3.63, 3.8) is 0 Å². The van der Waals surface area contributed by atoms with E-state index in [1.54, 1.807) is 0 Å². The average molecular weight is 304 g/mol. The van der Waals surface area contributed by atoms with E-state index in [-0.39, 0.29) is 12.4 Å². The molecule has 0 radical (unpaired) electrons. The second kappa shape index (κ2) is 13.0. The zero-order valence-electron chi connectivity index (χ0n) is 14.1. The Labute approximate surface area is 134 Å². The van der Waals surface area contributed by atoms with Gasteiger partial charge < -0.3 is 16.9 Å². The van der Waals surface area contributed by atoms with Crippen molar-refractivity contribution in [2.24, 2.45) is 0 Å². The summed E-state index contributed by atoms with van der Waals surface area (Å²) in [6.07, 6.45) is 17.5. The molecule has 1 aliphatic rings. The lowest BCUT2D eigenvalue weighted by Crippen LogP contribution is -3.00. The van der Waals surface area contributed by atoms with Gasteiger partial charge in [-0.25, -0.2) is 0 Å². The van der Waals surface area contributed by atoms with Crippen LogP contribution >= 0.6 is 0 Å². The average Bonchev–Trinajstić information content (AvgIpc) is 2.45. The fourth-order valence-corrected chi connectivity index (χ4v) is 3.64. The molecule has 1 rings (SSSR count). The van der Waals surface area contributed by atoms with E-state index < -0.39 is 0 Å². The molecule has 0 aromatic carbocycles. The minimum atomic E-state index is 0. The quantitative estimate of drug-likeness (QED) is 0.406. The first-order valence-corrected chi connectivity index (χ1v) is 9.18. The molecule has 0 N–H and O–H groups in total. The van der Waals surface area contributed by atoms with E-state index in [4.69, 9.17) is 0 Å². The first kappa shape index (κ1) is 20.2. The van der Waals surface area contributed by atoms with Crippen molar-refractivity contribution >= 4 is 0 Å². The van der Waals surface area contributed by atoms with Crippen LogP contribution in [0.2, 0.25) is 0 Å². The fourth-order valence-electron chi connectivity index (χ4n) is 3.64. The molecule has 0 spiro atoms. The van der Waals surface area contributed by atoms with Crippen LogP contribution in [-0.2, 0) is 0 Å². The van der Waals surface area contributed by atoms with Gasteiger partial charge in [-0.15, -0.1) is 0 Å². The largest absolute Gasteiger partial charge is 1.00 e. The summed E-state index contributed by atoms with van der Waals surface area (Å²) in [5, 5.41) is 0. The van der Waals surface area contributed by atoms with Crippen LogP contribution in [0.4, 0.5) is 0 Å². The molecule has 0 aromatic rings. The predicted octanol–water partition coefficient (Wildman–Crippen LogP) is 2.54. The Morgan fingerprint density at radius 3 is 1.70 bits per heavy atom. The van der Waals surface area contributed by atoms with E-state index in [1.807, 2.05) is 0 Å². The lowest BCUT2D eigenvalue weighted by molar-refractivity contribution is -0.932. The molecule has 0 bridgehead atoms. The third-order valence-electron chi connectivity index (χ3n) is 4.99. The van der Waals surface area contributed by atoms with E-state index in [0.29, 0.717) is 0 Å². The molecule has 20 heavy (non-hydrogen) atoms. The Bertz CT molecular complexity index is 200. The standard InChI is InChI=1S/C18H38N.ClH/c1-3-5-7-8-9-10-12-16-19(15-6-4-2)17-13-11-14-18-19;/h3-18H2,1-2H3;1H/q+1;/p-1. The van der Waals surface area contributed by atoms with Crippen molar-refractivity contribution in [2.75, 3.05) is 26.2 Å². The maximum Gasteiger partial charge on any atom is 0.0786 e. The zero-order valence-corrected chi connectivity index (χ0v) is 14.9. The highest BCUT2D eigenvalue weighted by Crippen LogP contribution is 2.21. The monoisotopic (exact) mass is 303 g/mol. The zero-order chi connectivity index (χ0) is 13.8. The van der Waals surface area contributed by atoms with Crippen LogP contribution in [0.15, 0.2) is 0 Å². The van der Waals surface area contributed by atoms with Crippen molar-refractivity contribution in [2.45, 2.75) is 90.9 Å². The van der Waals surface area contributed by atoms with Crippen LogP contribution in [0, 0.1) is 0 Å². The van der Waals surface area contributed by atoms with Gasteiger partial charge in [-0.2, -0.15) is 0 Å². The molecule has 1 aliphatic heterocycles. The molecular formula is C18H38ClN. The Kier molecular flexibility index (Phi) is 13.1. The summed E-state index contributed by atoms with van der Waals surface area (Å²) in [4.78, 5) is 0. The normalized spacial score (nSPS) is 17.7. The van der Waals surface area contributed by atoms with Crippen molar-refractivity contribution in [1.82, 2.24) is 0 Å². The second-order valence-corrected chi connectivity index (χ2v) is 6.77. The molecule has 0 aliphatic carbocycles. The Hall–Kier alpha value is 0.250. The number of piperidine rings is 1. The Morgan fingerprint density at radius 2 is 1.10 bits per heavy atom. The van der Waals surface area contributed by atoms with Gasteiger partial charge in [0.1, 0.15) is 0 Å². The number of unbranched alkanes of at least 4 members (excludes halogenated alkanes) is 7. The van der Waals surface area contributed by atoms with Gasteiger partial charge >= 0.3 is 0 Å². The van der Waals surface area contributed by atoms with Crippen LogP contribution in [0.25, 0.3) is 0 Å². The number of quaternary nitrogens is 1. The molecule has 1 fully saturated rings. The minimum absolute atomic E-state index is 0. The molecule has 1 heterocycles. The van der Waals surface area contributed by atoms with Gasteiger partial charge in [0.15, 0.2) is 0 Å². The van der Waals surface area contributed by atoms with Gasteiger partial charge in [-0.1, -0.05) is 52.4 Å². The van der Waals surface area contributed by atoms with Crippen molar-refractivity contribution < 1.29 is 16.9 Å². The van der Waals surface area contributed by atoms with E-state index in [1.165, 1.54) is 108 Å². The highest BCUT2D eigenvalue weighted by atomic mass is 35.5. The van der Waals surface area contributed by atoms with Crippen LogP contribution in [-0.4, -0.2) is 30.7 Å². The molecule has 0 saturated carbocycles. The number of nitrogens with zero attached hydrogens (tertiary/aromatic N) is 1. The minimum Gasteiger partial charge on any atom is -1.00 e. The fraction of sp³-hybridized carbons (Fsp3) is 1.00. The Morgan fingerprint density at radius 1 is 0.600 bits per heavy atom. The summed E-state index contributed by atoms with van der Waals surface area (Å²) in [5.74, 6) is 0. The summed E-state index contributed by atoms with van der Waals surface area (Å²) < 4.78 is 1.48. The van der Waals surface area contributed by atoms with E-state index in [2.05, 4.69) is 13.8 Å². The maximum absolute atomic E-state index is 2.34. The molecule has 2 heteroatoms. The first-order chi connectivity index (χ1) is 9.33. The molecular weight excluding hydrogens is 266 g/mol. The summed E-state index contributed by atoms with van der Waals surface area (Å²) in [6, 6.07) is 0. The molecule has 0 atom stereocenters. The van der Waals surface area contributed by atoms with Gasteiger partial charge in [-0.05, 0) is 38.5 Å². The number of rotatable bonds is 11. The second-order valence-electron chi connectivity index (χ2n) is 6.77. The highest BCUT2D eigenvalue weighted by Gasteiger charge is 2.28. The van der Waals surface area contributed by atoms with Crippen LogP contribution < -0.4 is 12.4 Å². The van der Waals surface area contributed by atoms with Crippen LogP contribution in [0.5, 0.6) is 0 Å². The highest BCUT2D eigenvalue weighted by molar-refractivity contribution is 4.56. The molecule has 0 amide bonds. The summed E-state index contributed by atoms with van der Waals surface area (Å²) >= 11 is 0. The van der Waals surface area contributed by atoms with E-state index in [9.17, 15) is 0 Å². The van der Waals surface area contributed by atoms with E-state index in [0.717, 1.165) is 0 Å². The number of halogens is 1. The van der Waals surface area contributed by atoms with Crippen molar-refractivity contribution in [3.05, 3.63) is 0 Å². The molecule has 122 valence electrons. The van der Waals surface area contributed by atoms with Crippen molar-refractivity contribution in [1.29, 1.82) is 0 Å². The molecule has 1 saturated heterocycles. The van der Waals surface area contributed by atoms with E-state index >= 15 is 0 Å². The smallest absolute Gasteiger partial charge is 0.0786 e. The van der Waals surface area contributed by atoms with Crippen molar-refractivity contribution in [3.8, 4) is 0 Å². The third kappa shape index (κ3) is 8.52. The number of hydrogen-bond donors (Lipinski definition) is 0. The number of likely N-dealkylation sites (tertiary alicyclic amines) is 1. The van der Waals surface area contributed by atoms with Gasteiger partial charge in [0, 0.05) is 0 Å². The third-order valence-corrected chi connectivity index (χ3v) is 4.99. The summed E-state index contributed by atoms with van der Waals surface area (Å²) in [7, 11) is 0.